The van der Waals surface area contributed by atoms with Gasteiger partial charge in [-0.3, -0.25) is 9.59 Å². The first kappa shape index (κ1) is 19.4. The number of hydrazone groups is 1. The lowest BCUT2D eigenvalue weighted by Crippen LogP contribution is -2.33. The number of amides is 1. The third-order valence-electron chi connectivity index (χ3n) is 3.58. The van der Waals surface area contributed by atoms with E-state index in [1.807, 2.05) is 6.07 Å². The molecule has 0 unspecified atom stereocenters. The molecular formula is C18H17ClN4O3. The van der Waals surface area contributed by atoms with Crippen molar-refractivity contribution in [1.82, 2.24) is 9.99 Å². The molecule has 0 radical (unpaired) electrons. The smallest absolute Gasteiger partial charge is 0.269 e. The lowest BCUT2D eigenvalue weighted by molar-refractivity contribution is -0.121. The van der Waals surface area contributed by atoms with Gasteiger partial charge in [0.1, 0.15) is 18.2 Å². The number of nitrogens with one attached hydrogen (secondary N) is 1. The summed E-state index contributed by atoms with van der Waals surface area (Å²) in [4.78, 5) is 24.5. The third-order valence-corrected chi connectivity index (χ3v) is 3.83. The summed E-state index contributed by atoms with van der Waals surface area (Å²) in [5.41, 5.74) is 3.60. The number of hydrogen-bond acceptors (Lipinski definition) is 5. The number of aryl methyl sites for hydroxylation is 1. The minimum absolute atomic E-state index is 0.0325. The van der Waals surface area contributed by atoms with Gasteiger partial charge in [0.2, 0.25) is 0 Å². The molecule has 2 aromatic rings. The highest BCUT2D eigenvalue weighted by Gasteiger charge is 2.14. The van der Waals surface area contributed by atoms with E-state index in [1.54, 1.807) is 37.3 Å². The van der Waals surface area contributed by atoms with E-state index >= 15 is 0 Å². The standard InChI is InChI=1S/C18H17ClN4O3/c1-12-7-14(11-26-2)16(8-20)18(25)23(12)10-17(24)22-21-9-13-3-5-15(19)6-4-13/h3-7,9H,10-11H2,1-2H3,(H,22,24)/b21-9+. The molecule has 8 heteroatoms. The van der Waals surface area contributed by atoms with Crippen LogP contribution in [0, 0.1) is 18.3 Å². The molecule has 0 atom stereocenters. The number of nitriles is 1. The molecule has 0 aliphatic heterocycles. The number of hydrogen-bond donors (Lipinski definition) is 1. The zero-order valence-corrected chi connectivity index (χ0v) is 15.1. The summed E-state index contributed by atoms with van der Waals surface area (Å²) in [6.07, 6.45) is 1.46. The predicted octanol–water partition coefficient (Wildman–Crippen LogP) is 1.98. The SMILES string of the molecule is COCc1cc(C)n(CC(=O)N/N=C/c2ccc(Cl)cc2)c(=O)c1C#N. The number of ether oxygens (including phenoxy) is 1. The zero-order valence-electron chi connectivity index (χ0n) is 14.3. The Morgan fingerprint density at radius 3 is 2.73 bits per heavy atom. The van der Waals surface area contributed by atoms with E-state index in [2.05, 4.69) is 10.5 Å². The second kappa shape index (κ2) is 8.94. The molecule has 1 aromatic heterocycles. The van der Waals surface area contributed by atoms with Crippen molar-refractivity contribution in [2.45, 2.75) is 20.1 Å². The van der Waals surface area contributed by atoms with Crippen molar-refractivity contribution in [1.29, 1.82) is 5.26 Å². The van der Waals surface area contributed by atoms with Gasteiger partial charge in [0.15, 0.2) is 0 Å². The number of methoxy groups -OCH3 is 1. The van der Waals surface area contributed by atoms with Gasteiger partial charge < -0.3 is 9.30 Å². The fourth-order valence-electron chi connectivity index (χ4n) is 2.33. The van der Waals surface area contributed by atoms with E-state index in [0.29, 0.717) is 16.3 Å². The van der Waals surface area contributed by atoms with Crippen LogP contribution in [-0.4, -0.2) is 23.8 Å². The van der Waals surface area contributed by atoms with Gasteiger partial charge in [-0.05, 0) is 30.7 Å². The Morgan fingerprint density at radius 2 is 2.12 bits per heavy atom. The molecule has 0 aliphatic carbocycles. The molecular weight excluding hydrogens is 356 g/mol. The summed E-state index contributed by atoms with van der Waals surface area (Å²) in [7, 11) is 1.48. The lowest BCUT2D eigenvalue weighted by Gasteiger charge is -2.12. The first-order valence-corrected chi connectivity index (χ1v) is 8.04. The molecule has 2 rings (SSSR count). The summed E-state index contributed by atoms with van der Waals surface area (Å²) >= 11 is 5.79. The van der Waals surface area contributed by atoms with Crippen molar-refractivity contribution in [2.24, 2.45) is 5.10 Å². The van der Waals surface area contributed by atoms with Crippen LogP contribution in [0.2, 0.25) is 5.02 Å². The summed E-state index contributed by atoms with van der Waals surface area (Å²) in [5.74, 6) is -0.483. The van der Waals surface area contributed by atoms with Gasteiger partial charge in [-0.25, -0.2) is 5.43 Å². The van der Waals surface area contributed by atoms with Gasteiger partial charge in [-0.15, -0.1) is 0 Å². The van der Waals surface area contributed by atoms with Gasteiger partial charge >= 0.3 is 0 Å². The summed E-state index contributed by atoms with van der Waals surface area (Å²) < 4.78 is 6.22. The Balaban J connectivity index is 2.12. The van der Waals surface area contributed by atoms with Crippen LogP contribution >= 0.6 is 11.6 Å². The summed E-state index contributed by atoms with van der Waals surface area (Å²) in [6, 6.07) is 10.4. The zero-order chi connectivity index (χ0) is 19.1. The number of benzene rings is 1. The Kier molecular flexibility index (Phi) is 6.67. The van der Waals surface area contributed by atoms with Gasteiger partial charge in [0.05, 0.1) is 12.8 Å². The minimum Gasteiger partial charge on any atom is -0.380 e. The number of halogens is 1. The molecule has 0 spiro atoms. The molecule has 0 saturated heterocycles. The van der Waals surface area contributed by atoms with Crippen LogP contribution in [0.3, 0.4) is 0 Å². The van der Waals surface area contributed by atoms with Crippen LogP contribution in [0.5, 0.6) is 0 Å². The van der Waals surface area contributed by atoms with Gasteiger partial charge in [-0.2, -0.15) is 10.4 Å². The molecule has 1 aromatic carbocycles. The molecule has 1 N–H and O–H groups in total. The van der Waals surface area contributed by atoms with E-state index in [0.717, 1.165) is 5.56 Å². The second-order valence-electron chi connectivity index (χ2n) is 5.47. The van der Waals surface area contributed by atoms with Crippen LogP contribution in [0.25, 0.3) is 0 Å². The topological polar surface area (TPSA) is 96.5 Å². The predicted molar refractivity (Wildman–Crippen MR) is 98.1 cm³/mol. The molecule has 0 saturated carbocycles. The van der Waals surface area contributed by atoms with Crippen molar-refractivity contribution >= 4 is 23.7 Å². The molecule has 0 fully saturated rings. The van der Waals surface area contributed by atoms with Crippen LogP contribution < -0.4 is 11.0 Å². The van der Waals surface area contributed by atoms with Crippen molar-refractivity contribution in [2.75, 3.05) is 7.11 Å². The van der Waals surface area contributed by atoms with E-state index in [1.165, 1.54) is 17.9 Å². The Bertz CT molecular complexity index is 927. The maximum Gasteiger partial charge on any atom is 0.269 e. The maximum atomic E-state index is 12.4. The molecule has 7 nitrogen and oxygen atoms in total. The molecule has 0 bridgehead atoms. The van der Waals surface area contributed by atoms with Crippen LogP contribution in [-0.2, 0) is 22.7 Å². The van der Waals surface area contributed by atoms with Gasteiger partial charge in [0, 0.05) is 23.4 Å². The average molecular weight is 373 g/mol. The van der Waals surface area contributed by atoms with Gasteiger partial charge in [0.25, 0.3) is 11.5 Å². The Morgan fingerprint density at radius 1 is 1.42 bits per heavy atom. The number of aromatic nitrogens is 1. The number of carbonyl (C=O) groups excluding carboxylic acids is 1. The molecule has 1 amide bonds. The van der Waals surface area contributed by atoms with Crippen LogP contribution in [0.1, 0.15) is 22.4 Å². The minimum atomic E-state index is -0.531. The van der Waals surface area contributed by atoms with Gasteiger partial charge in [-0.1, -0.05) is 23.7 Å². The Labute approximate surface area is 155 Å². The molecule has 26 heavy (non-hydrogen) atoms. The number of pyridine rings is 1. The quantitative estimate of drug-likeness (QED) is 0.619. The molecule has 0 aliphatic rings. The van der Waals surface area contributed by atoms with Crippen molar-refractivity contribution in [3.8, 4) is 6.07 Å². The van der Waals surface area contributed by atoms with Crippen molar-refractivity contribution in [3.05, 3.63) is 68.1 Å². The number of nitrogens with zero attached hydrogens (tertiary/aromatic N) is 3. The largest absolute Gasteiger partial charge is 0.380 e. The lowest BCUT2D eigenvalue weighted by atomic mass is 10.1. The van der Waals surface area contributed by atoms with E-state index < -0.39 is 11.5 Å². The third kappa shape index (κ3) is 4.79. The first-order chi connectivity index (χ1) is 12.5. The fraction of sp³-hybridized carbons (Fsp3) is 0.222. The van der Waals surface area contributed by atoms with Crippen molar-refractivity contribution < 1.29 is 9.53 Å². The maximum absolute atomic E-state index is 12.4. The van der Waals surface area contributed by atoms with Crippen LogP contribution in [0.4, 0.5) is 0 Å². The highest BCUT2D eigenvalue weighted by Crippen LogP contribution is 2.09. The summed E-state index contributed by atoms with van der Waals surface area (Å²) in [6.45, 7) is 1.59. The monoisotopic (exact) mass is 372 g/mol. The normalized spacial score (nSPS) is 10.7. The average Bonchev–Trinajstić information content (AvgIpc) is 2.61. The van der Waals surface area contributed by atoms with E-state index in [9.17, 15) is 14.9 Å². The number of rotatable bonds is 6. The Hall–Kier alpha value is -2.95. The van der Waals surface area contributed by atoms with E-state index in [-0.39, 0.29) is 18.7 Å². The van der Waals surface area contributed by atoms with E-state index in [4.69, 9.17) is 16.3 Å². The van der Waals surface area contributed by atoms with Crippen molar-refractivity contribution in [3.63, 3.8) is 0 Å². The second-order valence-corrected chi connectivity index (χ2v) is 5.90. The van der Waals surface area contributed by atoms with Crippen LogP contribution in [0.15, 0.2) is 40.2 Å². The number of carbonyl (C=O) groups is 1. The fourth-order valence-corrected chi connectivity index (χ4v) is 2.45. The first-order valence-electron chi connectivity index (χ1n) is 7.66. The molecule has 134 valence electrons. The highest BCUT2D eigenvalue weighted by molar-refractivity contribution is 6.30. The summed E-state index contributed by atoms with van der Waals surface area (Å²) in [5, 5.41) is 13.7. The highest BCUT2D eigenvalue weighted by atomic mass is 35.5. The molecule has 1 heterocycles.